The number of nitrogens with two attached hydrogens (primary N) is 1. The van der Waals surface area contributed by atoms with Gasteiger partial charge in [0.15, 0.2) is 0 Å². The standard InChI is InChI=1S/C8H11F5N2O/c1-2-15-5(16)3-4(14)6(15)7(9,10)8(11,12)13/h4,6H,2-3,14H2,1H3. The van der Waals surface area contributed by atoms with E-state index in [2.05, 4.69) is 0 Å². The third-order valence-electron chi connectivity index (χ3n) is 2.56. The van der Waals surface area contributed by atoms with Gasteiger partial charge >= 0.3 is 12.1 Å². The van der Waals surface area contributed by atoms with Crippen molar-refractivity contribution in [3.05, 3.63) is 0 Å². The predicted octanol–water partition coefficient (Wildman–Crippen LogP) is 1.13. The SMILES string of the molecule is CCN1C(=O)CC(N)C1C(F)(F)C(F)(F)F. The molecule has 0 spiro atoms. The number of likely N-dealkylation sites (tertiary alicyclic amines) is 1. The molecule has 0 aromatic rings. The van der Waals surface area contributed by atoms with Crippen LogP contribution in [0.4, 0.5) is 22.0 Å². The van der Waals surface area contributed by atoms with E-state index in [-0.39, 0.29) is 6.54 Å². The highest BCUT2D eigenvalue weighted by Gasteiger charge is 2.67. The fourth-order valence-electron chi connectivity index (χ4n) is 1.82. The molecule has 1 amide bonds. The van der Waals surface area contributed by atoms with Gasteiger partial charge in [0.2, 0.25) is 5.91 Å². The molecule has 0 saturated carbocycles. The first-order valence-electron chi connectivity index (χ1n) is 4.62. The Hall–Kier alpha value is -0.920. The normalized spacial score (nSPS) is 27.7. The fraction of sp³-hybridized carbons (Fsp3) is 0.875. The lowest BCUT2D eigenvalue weighted by molar-refractivity contribution is -0.300. The molecule has 2 unspecified atom stereocenters. The Balaban J connectivity index is 3.06. The Morgan fingerprint density at radius 1 is 1.38 bits per heavy atom. The van der Waals surface area contributed by atoms with E-state index in [1.165, 1.54) is 6.92 Å². The van der Waals surface area contributed by atoms with Crippen molar-refractivity contribution in [2.75, 3.05) is 6.54 Å². The summed E-state index contributed by atoms with van der Waals surface area (Å²) in [6, 6.07) is -3.80. The van der Waals surface area contributed by atoms with E-state index in [1.54, 1.807) is 0 Å². The smallest absolute Gasteiger partial charge is 0.332 e. The Kier molecular flexibility index (Phi) is 3.15. The fourth-order valence-corrected chi connectivity index (χ4v) is 1.82. The van der Waals surface area contributed by atoms with Crippen LogP contribution in [0.25, 0.3) is 0 Å². The largest absolute Gasteiger partial charge is 0.455 e. The van der Waals surface area contributed by atoms with Crippen molar-refractivity contribution < 1.29 is 26.7 Å². The van der Waals surface area contributed by atoms with Crippen LogP contribution in [0.1, 0.15) is 13.3 Å². The number of hydrogen-bond acceptors (Lipinski definition) is 2. The molecule has 0 aliphatic carbocycles. The van der Waals surface area contributed by atoms with E-state index in [9.17, 15) is 26.7 Å². The molecule has 2 N–H and O–H groups in total. The van der Waals surface area contributed by atoms with Gasteiger partial charge in [-0.25, -0.2) is 0 Å². The van der Waals surface area contributed by atoms with Crippen molar-refractivity contribution in [1.29, 1.82) is 0 Å². The summed E-state index contributed by atoms with van der Waals surface area (Å²) in [5, 5.41) is 0. The van der Waals surface area contributed by atoms with Gasteiger partial charge in [-0.2, -0.15) is 22.0 Å². The van der Waals surface area contributed by atoms with Crippen molar-refractivity contribution in [1.82, 2.24) is 4.90 Å². The summed E-state index contributed by atoms with van der Waals surface area (Å²) in [6.07, 6.45) is -6.18. The van der Waals surface area contributed by atoms with Crippen LogP contribution >= 0.6 is 0 Å². The van der Waals surface area contributed by atoms with Crippen molar-refractivity contribution in [2.24, 2.45) is 5.73 Å². The lowest BCUT2D eigenvalue weighted by atomic mass is 10.0. The van der Waals surface area contributed by atoms with Crippen LogP contribution in [-0.2, 0) is 4.79 Å². The van der Waals surface area contributed by atoms with Gasteiger partial charge in [0, 0.05) is 19.0 Å². The molecule has 1 aliphatic rings. The molecule has 0 aromatic carbocycles. The number of carbonyl (C=O) groups is 1. The molecule has 2 atom stereocenters. The van der Waals surface area contributed by atoms with Gasteiger partial charge in [0.25, 0.3) is 0 Å². The second-order valence-electron chi connectivity index (χ2n) is 3.61. The van der Waals surface area contributed by atoms with Crippen molar-refractivity contribution in [3.63, 3.8) is 0 Å². The lowest BCUT2D eigenvalue weighted by Crippen LogP contribution is -2.58. The summed E-state index contributed by atoms with van der Waals surface area (Å²) in [4.78, 5) is 11.6. The van der Waals surface area contributed by atoms with Crippen molar-refractivity contribution >= 4 is 5.91 Å². The summed E-state index contributed by atoms with van der Waals surface area (Å²) in [5.41, 5.74) is 5.18. The van der Waals surface area contributed by atoms with E-state index in [1.807, 2.05) is 0 Å². The molecular weight excluding hydrogens is 235 g/mol. The molecule has 1 aliphatic heterocycles. The Morgan fingerprint density at radius 3 is 2.25 bits per heavy atom. The maximum atomic E-state index is 13.1. The summed E-state index contributed by atoms with van der Waals surface area (Å²) in [7, 11) is 0. The van der Waals surface area contributed by atoms with Crippen molar-refractivity contribution in [2.45, 2.75) is 37.5 Å². The molecule has 16 heavy (non-hydrogen) atoms. The van der Waals surface area contributed by atoms with E-state index < -0.39 is 36.5 Å². The van der Waals surface area contributed by atoms with Gasteiger partial charge in [0.05, 0.1) is 0 Å². The Morgan fingerprint density at radius 2 is 1.88 bits per heavy atom. The van der Waals surface area contributed by atoms with E-state index in [0.717, 1.165) is 0 Å². The average molecular weight is 246 g/mol. The van der Waals surface area contributed by atoms with Crippen LogP contribution in [0.2, 0.25) is 0 Å². The van der Waals surface area contributed by atoms with Gasteiger partial charge < -0.3 is 10.6 Å². The topological polar surface area (TPSA) is 46.3 Å². The molecule has 0 bridgehead atoms. The minimum Gasteiger partial charge on any atom is -0.332 e. The van der Waals surface area contributed by atoms with Crippen LogP contribution in [0, 0.1) is 0 Å². The zero-order chi connectivity index (χ0) is 12.7. The van der Waals surface area contributed by atoms with E-state index in [0.29, 0.717) is 4.90 Å². The molecule has 1 saturated heterocycles. The first-order valence-corrected chi connectivity index (χ1v) is 4.62. The Bertz CT molecular complexity index is 291. The second kappa shape index (κ2) is 3.83. The summed E-state index contributed by atoms with van der Waals surface area (Å²) >= 11 is 0. The van der Waals surface area contributed by atoms with E-state index in [4.69, 9.17) is 5.73 Å². The maximum absolute atomic E-state index is 13.1. The second-order valence-corrected chi connectivity index (χ2v) is 3.61. The highest BCUT2D eigenvalue weighted by molar-refractivity contribution is 5.80. The van der Waals surface area contributed by atoms with Crippen LogP contribution < -0.4 is 5.73 Å². The predicted molar refractivity (Wildman–Crippen MR) is 44.8 cm³/mol. The van der Waals surface area contributed by atoms with Crippen LogP contribution in [0.5, 0.6) is 0 Å². The number of carbonyl (C=O) groups excluding carboxylic acids is 1. The number of amides is 1. The number of alkyl halides is 5. The summed E-state index contributed by atoms with van der Waals surface area (Å²) < 4.78 is 62.7. The van der Waals surface area contributed by atoms with Gasteiger partial charge in [-0.15, -0.1) is 0 Å². The zero-order valence-electron chi connectivity index (χ0n) is 8.39. The molecule has 0 aromatic heterocycles. The molecule has 1 fully saturated rings. The van der Waals surface area contributed by atoms with Crippen LogP contribution in [0.3, 0.4) is 0 Å². The minimum atomic E-state index is -5.70. The summed E-state index contributed by atoms with van der Waals surface area (Å²) in [6.45, 7) is 1.11. The number of likely N-dealkylation sites (N-methyl/N-ethyl adjacent to an activating group) is 1. The first kappa shape index (κ1) is 13.1. The molecule has 1 rings (SSSR count). The summed E-state index contributed by atoms with van der Waals surface area (Å²) in [5.74, 6) is -5.75. The minimum absolute atomic E-state index is 0.219. The van der Waals surface area contributed by atoms with Gasteiger partial charge in [0.1, 0.15) is 6.04 Å². The molecule has 0 radical (unpaired) electrons. The maximum Gasteiger partial charge on any atom is 0.455 e. The Labute approximate surface area is 88.4 Å². The van der Waals surface area contributed by atoms with Crippen LogP contribution in [0.15, 0.2) is 0 Å². The number of hydrogen-bond donors (Lipinski definition) is 1. The van der Waals surface area contributed by atoms with Crippen LogP contribution in [-0.4, -0.2) is 41.5 Å². The highest BCUT2D eigenvalue weighted by atomic mass is 19.4. The molecule has 8 heteroatoms. The molecule has 1 heterocycles. The molecule has 3 nitrogen and oxygen atoms in total. The number of halogens is 5. The zero-order valence-corrected chi connectivity index (χ0v) is 8.39. The lowest BCUT2D eigenvalue weighted by Gasteiger charge is -2.33. The van der Waals surface area contributed by atoms with Crippen molar-refractivity contribution in [3.8, 4) is 0 Å². The third-order valence-corrected chi connectivity index (χ3v) is 2.56. The van der Waals surface area contributed by atoms with Gasteiger partial charge in [-0.05, 0) is 6.92 Å². The highest BCUT2D eigenvalue weighted by Crippen LogP contribution is 2.43. The average Bonchev–Trinajstić information content (AvgIpc) is 2.38. The van der Waals surface area contributed by atoms with Gasteiger partial charge in [-0.1, -0.05) is 0 Å². The monoisotopic (exact) mass is 246 g/mol. The first-order chi connectivity index (χ1) is 7.13. The quantitative estimate of drug-likeness (QED) is 0.742. The molecular formula is C8H11F5N2O. The number of nitrogens with zero attached hydrogens (tertiary/aromatic N) is 1. The molecule has 94 valence electrons. The van der Waals surface area contributed by atoms with Gasteiger partial charge in [-0.3, -0.25) is 4.79 Å². The van der Waals surface area contributed by atoms with E-state index >= 15 is 0 Å². The third kappa shape index (κ3) is 1.85. The number of rotatable bonds is 2.